The van der Waals surface area contributed by atoms with Gasteiger partial charge >= 0.3 is 0 Å². The van der Waals surface area contributed by atoms with E-state index in [1.54, 1.807) is 22.9 Å². The van der Waals surface area contributed by atoms with Crippen LogP contribution in [0, 0.1) is 11.6 Å². The van der Waals surface area contributed by atoms with Crippen molar-refractivity contribution in [1.82, 2.24) is 9.97 Å². The third-order valence-corrected chi connectivity index (χ3v) is 6.99. The van der Waals surface area contributed by atoms with Gasteiger partial charge in [0.1, 0.15) is 11.6 Å². The molecule has 0 bridgehead atoms. The summed E-state index contributed by atoms with van der Waals surface area (Å²) in [5.74, 6) is -1.23. The molecule has 11 heteroatoms. The Kier molecular flexibility index (Phi) is 5.75. The molecule has 0 aliphatic rings. The van der Waals surface area contributed by atoms with Crippen LogP contribution in [0.15, 0.2) is 64.3 Å². The van der Waals surface area contributed by atoms with E-state index in [0.717, 1.165) is 6.07 Å². The predicted octanol–water partition coefficient (Wildman–Crippen LogP) is 5.01. The van der Waals surface area contributed by atoms with Crippen LogP contribution in [0.5, 0.6) is 0 Å². The van der Waals surface area contributed by atoms with Crippen LogP contribution in [-0.4, -0.2) is 18.4 Å². The highest BCUT2D eigenvalue weighted by Gasteiger charge is 2.15. The third-order valence-electron chi connectivity index (χ3n) is 4.01. The van der Waals surface area contributed by atoms with Crippen molar-refractivity contribution in [3.8, 4) is 0 Å². The molecule has 0 atom stereocenters. The van der Waals surface area contributed by atoms with Crippen molar-refractivity contribution in [2.24, 2.45) is 0 Å². The minimum Gasteiger partial charge on any atom is -0.332 e. The first-order valence-corrected chi connectivity index (χ1v) is 11.8. The fourth-order valence-corrected chi connectivity index (χ4v) is 5.11. The molecule has 0 amide bonds. The van der Waals surface area contributed by atoms with Crippen LogP contribution in [0.4, 0.5) is 24.7 Å². The van der Waals surface area contributed by atoms with Gasteiger partial charge in [-0.3, -0.25) is 4.72 Å². The Balaban J connectivity index is 1.42. The molecule has 0 saturated carbocycles. The van der Waals surface area contributed by atoms with E-state index in [2.05, 4.69) is 20.0 Å². The molecule has 6 nitrogen and oxygen atoms in total. The standard InChI is InChI=1S/C19H14F2N4O2S3/c20-13-2-1-12(17(21)10-13)9-15-11-29-19(24-15)23-14-3-5-16(6-4-14)30(26,27)25-18-22-7-8-28-18/h1-8,10-11H,9H2,(H,22,25)(H,23,24). The SMILES string of the molecule is O=S(=O)(Nc1nccs1)c1ccc(Nc2nc(Cc3ccc(F)cc3F)cs2)cc1. The summed E-state index contributed by atoms with van der Waals surface area (Å²) in [5.41, 5.74) is 1.65. The number of aromatic nitrogens is 2. The molecule has 30 heavy (non-hydrogen) atoms. The van der Waals surface area contributed by atoms with Crippen molar-refractivity contribution < 1.29 is 17.2 Å². The maximum atomic E-state index is 13.8. The summed E-state index contributed by atoms with van der Waals surface area (Å²) < 4.78 is 54.0. The van der Waals surface area contributed by atoms with E-state index in [1.165, 1.54) is 53.1 Å². The van der Waals surface area contributed by atoms with Crippen LogP contribution < -0.4 is 10.0 Å². The zero-order chi connectivity index (χ0) is 21.1. The molecule has 0 aliphatic heterocycles. The minimum atomic E-state index is -3.72. The molecule has 2 N–H and O–H groups in total. The number of thiazole rings is 2. The largest absolute Gasteiger partial charge is 0.332 e. The number of halogens is 2. The lowest BCUT2D eigenvalue weighted by Crippen LogP contribution is -2.12. The summed E-state index contributed by atoms with van der Waals surface area (Å²) >= 11 is 2.52. The molecule has 2 aromatic heterocycles. The first-order chi connectivity index (χ1) is 14.4. The van der Waals surface area contributed by atoms with Crippen LogP contribution in [0.2, 0.25) is 0 Å². The number of nitrogens with one attached hydrogen (secondary N) is 2. The summed E-state index contributed by atoms with van der Waals surface area (Å²) in [6.07, 6.45) is 1.76. The van der Waals surface area contributed by atoms with Gasteiger partial charge in [-0.2, -0.15) is 0 Å². The van der Waals surface area contributed by atoms with Crippen LogP contribution in [0.3, 0.4) is 0 Å². The lowest BCUT2D eigenvalue weighted by atomic mass is 10.1. The molecule has 4 rings (SSSR count). The number of anilines is 3. The average molecular weight is 465 g/mol. The first kappa shape index (κ1) is 20.4. The Morgan fingerprint density at radius 1 is 1.00 bits per heavy atom. The zero-order valence-corrected chi connectivity index (χ0v) is 17.6. The molecule has 4 aromatic rings. The summed E-state index contributed by atoms with van der Waals surface area (Å²) in [5, 5.41) is 7.41. The molecule has 0 radical (unpaired) electrons. The van der Waals surface area contributed by atoms with Gasteiger partial charge in [0.05, 0.1) is 10.6 Å². The van der Waals surface area contributed by atoms with Gasteiger partial charge in [-0.1, -0.05) is 6.07 Å². The molecule has 0 spiro atoms. The third kappa shape index (κ3) is 4.81. The molecule has 0 saturated heterocycles. The van der Waals surface area contributed by atoms with Crippen molar-refractivity contribution >= 4 is 48.6 Å². The molecular weight excluding hydrogens is 450 g/mol. The van der Waals surface area contributed by atoms with Gasteiger partial charge in [-0.25, -0.2) is 27.2 Å². The fourth-order valence-electron chi connectivity index (χ4n) is 2.59. The van der Waals surface area contributed by atoms with Crippen molar-refractivity contribution in [3.63, 3.8) is 0 Å². The van der Waals surface area contributed by atoms with Crippen LogP contribution in [0.1, 0.15) is 11.3 Å². The number of hydrogen-bond donors (Lipinski definition) is 2. The average Bonchev–Trinajstić information content (AvgIpc) is 3.36. The Bertz CT molecular complexity index is 1260. The highest BCUT2D eigenvalue weighted by atomic mass is 32.2. The van der Waals surface area contributed by atoms with Crippen LogP contribution in [-0.2, 0) is 16.4 Å². The van der Waals surface area contributed by atoms with E-state index < -0.39 is 21.7 Å². The Labute approximate surface area is 179 Å². The normalized spacial score (nSPS) is 11.4. The summed E-state index contributed by atoms with van der Waals surface area (Å²) in [7, 11) is -3.72. The zero-order valence-electron chi connectivity index (χ0n) is 15.2. The summed E-state index contributed by atoms with van der Waals surface area (Å²) in [6.45, 7) is 0. The molecule has 0 unspecified atom stereocenters. The van der Waals surface area contributed by atoms with Crippen molar-refractivity contribution in [1.29, 1.82) is 0 Å². The second-order valence-electron chi connectivity index (χ2n) is 6.15. The maximum Gasteiger partial charge on any atom is 0.263 e. The van der Waals surface area contributed by atoms with Gasteiger partial charge in [0, 0.05) is 35.1 Å². The number of benzene rings is 2. The van der Waals surface area contributed by atoms with E-state index in [4.69, 9.17) is 0 Å². The monoisotopic (exact) mass is 464 g/mol. The summed E-state index contributed by atoms with van der Waals surface area (Å²) in [6, 6.07) is 9.65. The Morgan fingerprint density at radius 2 is 1.80 bits per heavy atom. The quantitative estimate of drug-likeness (QED) is 0.402. The molecular formula is C19H14F2N4O2S3. The van der Waals surface area contributed by atoms with Gasteiger partial charge in [0.15, 0.2) is 10.3 Å². The second kappa shape index (κ2) is 8.46. The number of nitrogens with zero attached hydrogens (tertiary/aromatic N) is 2. The van der Waals surface area contributed by atoms with Crippen molar-refractivity contribution in [2.75, 3.05) is 10.0 Å². The fraction of sp³-hybridized carbons (Fsp3) is 0.0526. The Hall–Kier alpha value is -2.89. The van der Waals surface area contributed by atoms with Gasteiger partial charge in [0.2, 0.25) is 0 Å². The van der Waals surface area contributed by atoms with E-state index in [0.29, 0.717) is 27.2 Å². The van der Waals surface area contributed by atoms with Gasteiger partial charge in [0.25, 0.3) is 10.0 Å². The minimum absolute atomic E-state index is 0.106. The van der Waals surface area contributed by atoms with Crippen molar-refractivity contribution in [3.05, 3.63) is 82.3 Å². The van der Waals surface area contributed by atoms with E-state index in [-0.39, 0.29) is 11.3 Å². The lowest BCUT2D eigenvalue weighted by molar-refractivity contribution is 0.574. The molecule has 154 valence electrons. The van der Waals surface area contributed by atoms with Gasteiger partial charge in [-0.05, 0) is 35.9 Å². The predicted molar refractivity (Wildman–Crippen MR) is 114 cm³/mol. The Morgan fingerprint density at radius 3 is 2.50 bits per heavy atom. The highest BCUT2D eigenvalue weighted by Crippen LogP contribution is 2.25. The van der Waals surface area contributed by atoms with E-state index in [9.17, 15) is 17.2 Å². The topological polar surface area (TPSA) is 84.0 Å². The molecule has 0 aliphatic carbocycles. The van der Waals surface area contributed by atoms with Crippen LogP contribution >= 0.6 is 22.7 Å². The van der Waals surface area contributed by atoms with Gasteiger partial charge in [-0.15, -0.1) is 22.7 Å². The number of hydrogen-bond acceptors (Lipinski definition) is 7. The maximum absolute atomic E-state index is 13.8. The smallest absolute Gasteiger partial charge is 0.263 e. The first-order valence-electron chi connectivity index (χ1n) is 8.57. The molecule has 2 heterocycles. The lowest BCUT2D eigenvalue weighted by Gasteiger charge is -2.07. The van der Waals surface area contributed by atoms with E-state index in [1.807, 2.05) is 0 Å². The van der Waals surface area contributed by atoms with Crippen molar-refractivity contribution in [2.45, 2.75) is 11.3 Å². The van der Waals surface area contributed by atoms with Crippen LogP contribution in [0.25, 0.3) is 0 Å². The highest BCUT2D eigenvalue weighted by molar-refractivity contribution is 7.93. The van der Waals surface area contributed by atoms with E-state index >= 15 is 0 Å². The molecule has 2 aromatic carbocycles. The second-order valence-corrected chi connectivity index (χ2v) is 9.58. The number of sulfonamides is 1. The number of rotatable bonds is 7. The molecule has 0 fully saturated rings. The van der Waals surface area contributed by atoms with Gasteiger partial charge < -0.3 is 5.32 Å². The summed E-state index contributed by atoms with van der Waals surface area (Å²) in [4.78, 5) is 8.41.